The number of benzene rings is 2. The van der Waals surface area contributed by atoms with Gasteiger partial charge in [-0.1, -0.05) is 18.2 Å². The number of rotatable bonds is 4. The summed E-state index contributed by atoms with van der Waals surface area (Å²) in [7, 11) is 1.89. The third-order valence-corrected chi connectivity index (χ3v) is 3.14. The van der Waals surface area contributed by atoms with Crippen molar-refractivity contribution in [2.75, 3.05) is 12.4 Å². The van der Waals surface area contributed by atoms with Crippen molar-refractivity contribution in [3.05, 3.63) is 59.2 Å². The molecule has 4 heteroatoms. The summed E-state index contributed by atoms with van der Waals surface area (Å²) in [6.45, 7) is 2.51. The average molecular weight is 270 g/mol. The van der Waals surface area contributed by atoms with Gasteiger partial charge < -0.3 is 15.7 Å². The van der Waals surface area contributed by atoms with Crippen molar-refractivity contribution < 1.29 is 9.90 Å². The number of carbonyl (C=O) groups is 1. The molecule has 0 fully saturated rings. The average Bonchev–Trinajstić information content (AvgIpc) is 2.44. The van der Waals surface area contributed by atoms with Gasteiger partial charge in [0.05, 0.1) is 0 Å². The van der Waals surface area contributed by atoms with Crippen molar-refractivity contribution in [2.24, 2.45) is 0 Å². The molecule has 0 saturated carbocycles. The smallest absolute Gasteiger partial charge is 0.256 e. The Morgan fingerprint density at radius 3 is 2.50 bits per heavy atom. The van der Waals surface area contributed by atoms with Crippen molar-refractivity contribution in [1.82, 2.24) is 5.32 Å². The van der Waals surface area contributed by atoms with Gasteiger partial charge in [0.25, 0.3) is 5.91 Å². The lowest BCUT2D eigenvalue weighted by molar-refractivity contribution is 0.102. The van der Waals surface area contributed by atoms with Crippen molar-refractivity contribution in [1.29, 1.82) is 0 Å². The SMILES string of the molecule is CNCc1ccc(NC(=O)c2cccc(O)c2C)cc1. The summed E-state index contributed by atoms with van der Waals surface area (Å²) in [5.41, 5.74) is 2.94. The van der Waals surface area contributed by atoms with Gasteiger partial charge in [-0.05, 0) is 43.8 Å². The number of aromatic hydroxyl groups is 1. The monoisotopic (exact) mass is 270 g/mol. The molecular formula is C16H18N2O2. The van der Waals surface area contributed by atoms with E-state index < -0.39 is 0 Å². The number of hydrogen-bond acceptors (Lipinski definition) is 3. The third kappa shape index (κ3) is 3.16. The fraction of sp³-hybridized carbons (Fsp3) is 0.188. The first-order chi connectivity index (χ1) is 9.61. The van der Waals surface area contributed by atoms with E-state index in [9.17, 15) is 9.90 Å². The van der Waals surface area contributed by atoms with Crippen LogP contribution in [0.15, 0.2) is 42.5 Å². The van der Waals surface area contributed by atoms with E-state index in [2.05, 4.69) is 10.6 Å². The Hall–Kier alpha value is -2.33. The van der Waals surface area contributed by atoms with E-state index in [0.29, 0.717) is 11.1 Å². The highest BCUT2D eigenvalue weighted by molar-refractivity contribution is 6.05. The Balaban J connectivity index is 2.13. The van der Waals surface area contributed by atoms with Crippen LogP contribution in [0.2, 0.25) is 0 Å². The summed E-state index contributed by atoms with van der Waals surface area (Å²) in [4.78, 5) is 12.2. The summed E-state index contributed by atoms with van der Waals surface area (Å²) < 4.78 is 0. The Bertz CT molecular complexity index is 606. The lowest BCUT2D eigenvalue weighted by atomic mass is 10.1. The molecule has 2 aromatic carbocycles. The normalized spacial score (nSPS) is 10.3. The number of amides is 1. The standard InChI is InChI=1S/C16H18N2O2/c1-11-14(4-3-5-15(11)19)16(20)18-13-8-6-12(7-9-13)10-17-2/h3-9,17,19H,10H2,1-2H3,(H,18,20). The van der Waals surface area contributed by atoms with Gasteiger partial charge in [0.1, 0.15) is 5.75 Å². The molecule has 0 unspecified atom stereocenters. The Morgan fingerprint density at radius 2 is 1.85 bits per heavy atom. The van der Waals surface area contributed by atoms with E-state index in [-0.39, 0.29) is 11.7 Å². The molecule has 104 valence electrons. The maximum atomic E-state index is 12.2. The summed E-state index contributed by atoms with van der Waals surface area (Å²) in [5, 5.41) is 15.5. The van der Waals surface area contributed by atoms with Gasteiger partial charge in [-0.15, -0.1) is 0 Å². The first kappa shape index (κ1) is 14.1. The second-order valence-electron chi connectivity index (χ2n) is 4.63. The molecule has 0 aromatic heterocycles. The van der Waals surface area contributed by atoms with Crippen LogP contribution in [0.1, 0.15) is 21.5 Å². The molecule has 4 nitrogen and oxygen atoms in total. The van der Waals surface area contributed by atoms with Crippen LogP contribution >= 0.6 is 0 Å². The van der Waals surface area contributed by atoms with E-state index in [1.54, 1.807) is 25.1 Å². The molecule has 0 spiro atoms. The first-order valence-electron chi connectivity index (χ1n) is 6.45. The fourth-order valence-corrected chi connectivity index (χ4v) is 1.98. The van der Waals surface area contributed by atoms with Crippen LogP contribution in [0.3, 0.4) is 0 Å². The van der Waals surface area contributed by atoms with E-state index in [0.717, 1.165) is 17.8 Å². The molecule has 0 saturated heterocycles. The third-order valence-electron chi connectivity index (χ3n) is 3.14. The van der Waals surface area contributed by atoms with Crippen molar-refractivity contribution in [2.45, 2.75) is 13.5 Å². The highest BCUT2D eigenvalue weighted by Gasteiger charge is 2.11. The molecule has 2 aromatic rings. The van der Waals surface area contributed by atoms with Gasteiger partial charge in [-0.2, -0.15) is 0 Å². The molecule has 1 amide bonds. The van der Waals surface area contributed by atoms with E-state index in [1.807, 2.05) is 31.3 Å². The minimum absolute atomic E-state index is 0.127. The van der Waals surface area contributed by atoms with Crippen LogP contribution in [-0.2, 0) is 6.54 Å². The van der Waals surface area contributed by atoms with Crippen LogP contribution < -0.4 is 10.6 Å². The minimum atomic E-state index is -0.222. The zero-order chi connectivity index (χ0) is 14.5. The molecule has 0 aliphatic rings. The Kier molecular flexibility index (Phi) is 4.38. The molecule has 0 radical (unpaired) electrons. The van der Waals surface area contributed by atoms with Crippen LogP contribution in [0.5, 0.6) is 5.75 Å². The molecule has 2 rings (SSSR count). The van der Waals surface area contributed by atoms with E-state index in [1.165, 1.54) is 0 Å². The number of phenolic OH excluding ortho intramolecular Hbond substituents is 1. The first-order valence-corrected chi connectivity index (χ1v) is 6.45. The van der Waals surface area contributed by atoms with Gasteiger partial charge >= 0.3 is 0 Å². The summed E-state index contributed by atoms with van der Waals surface area (Å²) >= 11 is 0. The molecule has 0 atom stereocenters. The zero-order valence-electron chi connectivity index (χ0n) is 11.6. The van der Waals surface area contributed by atoms with Crippen molar-refractivity contribution >= 4 is 11.6 Å². The molecule has 0 bridgehead atoms. The van der Waals surface area contributed by atoms with E-state index >= 15 is 0 Å². The number of phenols is 1. The maximum Gasteiger partial charge on any atom is 0.256 e. The molecule has 0 aliphatic heterocycles. The summed E-state index contributed by atoms with van der Waals surface area (Å²) in [6.07, 6.45) is 0. The van der Waals surface area contributed by atoms with Crippen molar-refractivity contribution in [3.63, 3.8) is 0 Å². The van der Waals surface area contributed by atoms with Crippen LogP contribution in [0.4, 0.5) is 5.69 Å². The van der Waals surface area contributed by atoms with Gasteiger partial charge in [0.2, 0.25) is 0 Å². The summed E-state index contributed by atoms with van der Waals surface area (Å²) in [5.74, 6) is -0.0956. The number of carbonyl (C=O) groups excluding carboxylic acids is 1. The Labute approximate surface area is 118 Å². The quantitative estimate of drug-likeness (QED) is 0.800. The number of anilines is 1. The topological polar surface area (TPSA) is 61.4 Å². The van der Waals surface area contributed by atoms with Crippen molar-refractivity contribution in [3.8, 4) is 5.75 Å². The minimum Gasteiger partial charge on any atom is -0.508 e. The van der Waals surface area contributed by atoms with Crippen LogP contribution in [0, 0.1) is 6.92 Å². The van der Waals surface area contributed by atoms with Gasteiger partial charge in [0, 0.05) is 23.4 Å². The number of hydrogen-bond donors (Lipinski definition) is 3. The summed E-state index contributed by atoms with van der Waals surface area (Å²) in [6, 6.07) is 12.6. The van der Waals surface area contributed by atoms with Gasteiger partial charge in [-0.25, -0.2) is 0 Å². The van der Waals surface area contributed by atoms with Gasteiger partial charge in [-0.3, -0.25) is 4.79 Å². The molecule has 3 N–H and O–H groups in total. The second-order valence-corrected chi connectivity index (χ2v) is 4.63. The maximum absolute atomic E-state index is 12.2. The molecule has 0 heterocycles. The molecule has 0 aliphatic carbocycles. The Morgan fingerprint density at radius 1 is 1.15 bits per heavy atom. The lowest BCUT2D eigenvalue weighted by Crippen LogP contribution is -2.13. The second kappa shape index (κ2) is 6.21. The highest BCUT2D eigenvalue weighted by atomic mass is 16.3. The number of nitrogens with one attached hydrogen (secondary N) is 2. The molecular weight excluding hydrogens is 252 g/mol. The van der Waals surface area contributed by atoms with Gasteiger partial charge in [0.15, 0.2) is 0 Å². The van der Waals surface area contributed by atoms with Crippen LogP contribution in [-0.4, -0.2) is 18.1 Å². The largest absolute Gasteiger partial charge is 0.508 e. The highest BCUT2D eigenvalue weighted by Crippen LogP contribution is 2.20. The van der Waals surface area contributed by atoms with E-state index in [4.69, 9.17) is 0 Å². The molecule has 20 heavy (non-hydrogen) atoms. The zero-order valence-corrected chi connectivity index (χ0v) is 11.6. The lowest BCUT2D eigenvalue weighted by Gasteiger charge is -2.09. The predicted molar refractivity (Wildman–Crippen MR) is 80.0 cm³/mol. The van der Waals surface area contributed by atoms with Crippen LogP contribution in [0.25, 0.3) is 0 Å². The predicted octanol–water partition coefficient (Wildman–Crippen LogP) is 2.67. The fourth-order valence-electron chi connectivity index (χ4n) is 1.98.